The smallest absolute Gasteiger partial charge is 0.338 e. The van der Waals surface area contributed by atoms with E-state index in [-0.39, 0.29) is 11.1 Å². The van der Waals surface area contributed by atoms with E-state index in [1.165, 1.54) is 32.8 Å². The molecule has 0 bridgehead atoms. The van der Waals surface area contributed by atoms with Gasteiger partial charge in [0.2, 0.25) is 0 Å². The van der Waals surface area contributed by atoms with E-state index in [2.05, 4.69) is 23.3 Å². The number of carbonyl (C=O) groups excluding carboxylic acids is 2. The average molecular weight is 403 g/mol. The highest BCUT2D eigenvalue weighted by Gasteiger charge is 2.16. The van der Waals surface area contributed by atoms with Crippen molar-refractivity contribution in [2.24, 2.45) is 0 Å². The molecule has 0 spiro atoms. The minimum atomic E-state index is -1.66. The van der Waals surface area contributed by atoms with Gasteiger partial charge in [0.1, 0.15) is 0 Å². The first kappa shape index (κ1) is 30.1. The zero-order valence-electron chi connectivity index (χ0n) is 18.6. The molecule has 5 nitrogen and oxygen atoms in total. The molecule has 0 radical (unpaired) electrons. The highest BCUT2D eigenvalue weighted by atomic mass is 31.2. The van der Waals surface area contributed by atoms with Crippen LogP contribution < -0.4 is 0 Å². The van der Waals surface area contributed by atoms with E-state index in [1.807, 2.05) is 34.6 Å². The summed E-state index contributed by atoms with van der Waals surface area (Å²) in [5, 5.41) is 0. The standard InChI is InChI=1S/C10H10O4.C6H15OP.C3H8.C2H6/c1-13-9(11)7-5-3-4-6-8(7)10(12)14-2;1-4-8(7,5-2)6-3;1-3-2;1-2/h3-6H,1-2H3;4-6H2,1-3H3;3H2,1-2H3;1-2H3. The third-order valence-corrected chi connectivity index (χ3v) is 6.92. The lowest BCUT2D eigenvalue weighted by Crippen LogP contribution is -2.11. The van der Waals surface area contributed by atoms with Gasteiger partial charge in [-0.05, 0) is 30.6 Å². The highest BCUT2D eigenvalue weighted by molar-refractivity contribution is 7.63. The van der Waals surface area contributed by atoms with Crippen LogP contribution in [0.15, 0.2) is 24.3 Å². The Morgan fingerprint density at radius 1 is 0.778 bits per heavy atom. The summed E-state index contributed by atoms with van der Waals surface area (Å²) < 4.78 is 20.4. The number of methoxy groups -OCH3 is 2. The van der Waals surface area contributed by atoms with Gasteiger partial charge in [0.05, 0.1) is 32.5 Å². The molecule has 0 aliphatic carbocycles. The molecule has 0 aromatic heterocycles. The fourth-order valence-corrected chi connectivity index (χ4v) is 3.07. The molecule has 1 rings (SSSR count). The maximum absolute atomic E-state index is 11.3. The molecule has 0 unspecified atom stereocenters. The van der Waals surface area contributed by atoms with E-state index in [0.717, 1.165) is 18.5 Å². The summed E-state index contributed by atoms with van der Waals surface area (Å²) in [4.78, 5) is 22.4. The molecule has 0 aliphatic heterocycles. The van der Waals surface area contributed by atoms with Crippen molar-refractivity contribution in [2.75, 3.05) is 32.7 Å². The summed E-state index contributed by atoms with van der Waals surface area (Å²) >= 11 is 0. The Morgan fingerprint density at radius 2 is 1.04 bits per heavy atom. The average Bonchev–Trinajstić information content (AvgIpc) is 2.74. The Morgan fingerprint density at radius 3 is 1.19 bits per heavy atom. The number of hydrogen-bond acceptors (Lipinski definition) is 5. The van der Waals surface area contributed by atoms with Gasteiger partial charge in [-0.2, -0.15) is 0 Å². The zero-order chi connectivity index (χ0) is 21.9. The summed E-state index contributed by atoms with van der Waals surface area (Å²) in [5.41, 5.74) is 0.420. The Kier molecular flexibility index (Phi) is 21.4. The maximum Gasteiger partial charge on any atom is 0.338 e. The Bertz CT molecular complexity index is 501. The number of rotatable bonds is 5. The molecule has 0 saturated heterocycles. The van der Waals surface area contributed by atoms with Crippen LogP contribution in [0.4, 0.5) is 0 Å². The molecule has 27 heavy (non-hydrogen) atoms. The van der Waals surface area contributed by atoms with Crippen LogP contribution in [0.2, 0.25) is 0 Å². The molecular formula is C21H39O5P. The van der Waals surface area contributed by atoms with E-state index in [0.29, 0.717) is 0 Å². The molecule has 0 N–H and O–H groups in total. The summed E-state index contributed by atoms with van der Waals surface area (Å²) in [6.07, 6.45) is 3.88. The molecular weight excluding hydrogens is 363 g/mol. The van der Waals surface area contributed by atoms with Crippen molar-refractivity contribution in [2.45, 2.75) is 54.9 Å². The van der Waals surface area contributed by atoms with Gasteiger partial charge in [0.25, 0.3) is 0 Å². The quantitative estimate of drug-likeness (QED) is 0.439. The van der Waals surface area contributed by atoms with Crippen molar-refractivity contribution in [3.8, 4) is 0 Å². The molecule has 1 aromatic carbocycles. The van der Waals surface area contributed by atoms with Crippen molar-refractivity contribution in [3.05, 3.63) is 35.4 Å². The van der Waals surface area contributed by atoms with Gasteiger partial charge in [0.15, 0.2) is 0 Å². The SMILES string of the molecule is CC.CCC.CCP(=O)(CC)CC.COC(=O)c1ccccc1C(=O)OC. The topological polar surface area (TPSA) is 69.7 Å². The maximum atomic E-state index is 11.3. The first-order valence-electron chi connectivity index (χ1n) is 9.63. The van der Waals surface area contributed by atoms with Gasteiger partial charge >= 0.3 is 11.9 Å². The lowest BCUT2D eigenvalue weighted by molar-refractivity contribution is 0.0555. The van der Waals surface area contributed by atoms with Crippen molar-refractivity contribution in [1.29, 1.82) is 0 Å². The Labute approximate surface area is 166 Å². The number of benzene rings is 1. The molecule has 0 fully saturated rings. The lowest BCUT2D eigenvalue weighted by atomic mass is 10.1. The van der Waals surface area contributed by atoms with E-state index in [4.69, 9.17) is 0 Å². The summed E-state index contributed by atoms with van der Waals surface area (Å²) in [6, 6.07) is 6.33. The number of esters is 2. The zero-order valence-corrected chi connectivity index (χ0v) is 19.5. The van der Waals surface area contributed by atoms with Crippen molar-refractivity contribution in [3.63, 3.8) is 0 Å². The molecule has 158 valence electrons. The third-order valence-electron chi connectivity index (χ3n) is 3.47. The summed E-state index contributed by atoms with van der Waals surface area (Å²) in [6.45, 7) is 14.3. The first-order chi connectivity index (χ1) is 12.8. The van der Waals surface area contributed by atoms with Crippen LogP contribution in [0.25, 0.3) is 0 Å². The molecule has 0 saturated carbocycles. The minimum absolute atomic E-state index is 0.210. The monoisotopic (exact) mass is 402 g/mol. The van der Waals surface area contributed by atoms with Gasteiger partial charge in [-0.3, -0.25) is 0 Å². The number of hydrogen-bond donors (Lipinski definition) is 0. The van der Waals surface area contributed by atoms with Gasteiger partial charge in [-0.15, -0.1) is 0 Å². The molecule has 0 aliphatic rings. The number of carbonyl (C=O) groups is 2. The van der Waals surface area contributed by atoms with E-state index >= 15 is 0 Å². The second-order valence-corrected chi connectivity index (χ2v) is 9.26. The van der Waals surface area contributed by atoms with Crippen LogP contribution >= 0.6 is 7.14 Å². The van der Waals surface area contributed by atoms with Crippen molar-refractivity contribution in [1.82, 2.24) is 0 Å². The van der Waals surface area contributed by atoms with Crippen LogP contribution in [0.1, 0.15) is 75.6 Å². The predicted octanol–water partition coefficient (Wildman–Crippen LogP) is 6.11. The molecule has 0 heterocycles. The fourth-order valence-electron chi connectivity index (χ4n) is 1.73. The Balaban J connectivity index is -0.000000376. The van der Waals surface area contributed by atoms with E-state index in [9.17, 15) is 14.2 Å². The molecule has 0 amide bonds. The lowest BCUT2D eigenvalue weighted by Gasteiger charge is -2.08. The summed E-state index contributed by atoms with van der Waals surface area (Å²) in [7, 11) is 0.859. The fraction of sp³-hybridized carbons (Fsp3) is 0.619. The molecule has 0 atom stereocenters. The van der Waals surface area contributed by atoms with E-state index < -0.39 is 19.1 Å². The number of ether oxygens (including phenoxy) is 2. The van der Waals surface area contributed by atoms with Crippen molar-refractivity contribution >= 4 is 19.1 Å². The second kappa shape index (κ2) is 19.2. The molecule has 1 aromatic rings. The first-order valence-corrected chi connectivity index (χ1v) is 11.9. The largest absolute Gasteiger partial charge is 0.465 e. The van der Waals surface area contributed by atoms with E-state index in [1.54, 1.807) is 12.1 Å². The van der Waals surface area contributed by atoms with Crippen LogP contribution in [0.5, 0.6) is 0 Å². The van der Waals surface area contributed by atoms with Crippen molar-refractivity contribution < 1.29 is 23.6 Å². The Hall–Kier alpha value is -1.61. The highest BCUT2D eigenvalue weighted by Crippen LogP contribution is 2.43. The van der Waals surface area contributed by atoms with Crippen LogP contribution in [0.3, 0.4) is 0 Å². The van der Waals surface area contributed by atoms with Gasteiger partial charge in [0, 0.05) is 0 Å². The molecule has 6 heteroatoms. The van der Waals surface area contributed by atoms with Gasteiger partial charge in [-0.25, -0.2) is 9.59 Å². The van der Waals surface area contributed by atoms with Crippen LogP contribution in [-0.4, -0.2) is 44.6 Å². The van der Waals surface area contributed by atoms with Crippen LogP contribution in [0, 0.1) is 0 Å². The van der Waals surface area contributed by atoms with Gasteiger partial charge in [-0.1, -0.05) is 67.0 Å². The van der Waals surface area contributed by atoms with Gasteiger partial charge < -0.3 is 14.0 Å². The normalized spacial score (nSPS) is 9.22. The third kappa shape index (κ3) is 13.2. The minimum Gasteiger partial charge on any atom is -0.465 e. The van der Waals surface area contributed by atoms with Crippen LogP contribution in [-0.2, 0) is 14.0 Å². The second-order valence-electron chi connectivity index (χ2n) is 5.24. The summed E-state index contributed by atoms with van der Waals surface area (Å²) in [5.74, 6) is -1.10. The predicted molar refractivity (Wildman–Crippen MR) is 116 cm³/mol.